The molecular formula is C19H20FN3O3S. The van der Waals surface area contributed by atoms with E-state index >= 15 is 0 Å². The molecule has 0 amide bonds. The molecule has 1 fully saturated rings. The molecule has 0 bridgehead atoms. The summed E-state index contributed by atoms with van der Waals surface area (Å²) < 4.78 is 44.3. The van der Waals surface area contributed by atoms with Crippen LogP contribution in [0.5, 0.6) is 0 Å². The van der Waals surface area contributed by atoms with Crippen molar-refractivity contribution >= 4 is 21.1 Å². The van der Waals surface area contributed by atoms with Crippen LogP contribution in [0.3, 0.4) is 0 Å². The number of aryl methyl sites for hydroxylation is 1. The average molecular weight is 389 g/mol. The summed E-state index contributed by atoms with van der Waals surface area (Å²) in [6, 6.07) is 10.7. The van der Waals surface area contributed by atoms with Gasteiger partial charge in [0.2, 0.25) is 10.0 Å². The molecule has 0 radical (unpaired) electrons. The number of nitrogens with zero attached hydrogens (tertiary/aromatic N) is 2. The van der Waals surface area contributed by atoms with Crippen LogP contribution in [0, 0.1) is 5.82 Å². The van der Waals surface area contributed by atoms with Crippen molar-refractivity contribution in [1.29, 1.82) is 0 Å². The van der Waals surface area contributed by atoms with Gasteiger partial charge in [-0.1, -0.05) is 12.1 Å². The zero-order valence-electron chi connectivity index (χ0n) is 15.1. The SMILES string of the molecule is Cn1c(=O)n(Cc2cccc(F)c2)c2ccc(S(=O)(=O)NC3(C)CC3)cc21. The van der Waals surface area contributed by atoms with E-state index in [9.17, 15) is 17.6 Å². The molecule has 0 spiro atoms. The zero-order valence-corrected chi connectivity index (χ0v) is 15.9. The van der Waals surface area contributed by atoms with Gasteiger partial charge in [0.05, 0.1) is 22.5 Å². The number of fused-ring (bicyclic) bond motifs is 1. The quantitative estimate of drug-likeness (QED) is 0.728. The predicted octanol–water partition coefficient (Wildman–Crippen LogP) is 2.36. The molecule has 4 rings (SSSR count). The molecule has 0 aliphatic heterocycles. The highest BCUT2D eigenvalue weighted by Crippen LogP contribution is 2.36. The van der Waals surface area contributed by atoms with E-state index in [1.807, 2.05) is 6.92 Å². The number of hydrogen-bond acceptors (Lipinski definition) is 3. The Labute approximate surface area is 156 Å². The van der Waals surface area contributed by atoms with Crippen LogP contribution in [-0.2, 0) is 23.6 Å². The first kappa shape index (κ1) is 17.9. The predicted molar refractivity (Wildman–Crippen MR) is 101 cm³/mol. The smallest absolute Gasteiger partial charge is 0.295 e. The van der Waals surface area contributed by atoms with Gasteiger partial charge in [-0.2, -0.15) is 0 Å². The van der Waals surface area contributed by atoms with Crippen LogP contribution in [0.15, 0.2) is 52.2 Å². The highest BCUT2D eigenvalue weighted by molar-refractivity contribution is 7.89. The molecular weight excluding hydrogens is 369 g/mol. The second-order valence-electron chi connectivity index (χ2n) is 7.37. The van der Waals surface area contributed by atoms with Crippen LogP contribution < -0.4 is 10.4 Å². The van der Waals surface area contributed by atoms with E-state index in [1.54, 1.807) is 25.2 Å². The van der Waals surface area contributed by atoms with Crippen molar-refractivity contribution in [3.8, 4) is 0 Å². The van der Waals surface area contributed by atoms with Gasteiger partial charge in [0.1, 0.15) is 5.82 Å². The topological polar surface area (TPSA) is 73.1 Å². The molecule has 6 nitrogen and oxygen atoms in total. The Bertz CT molecular complexity index is 1210. The molecule has 0 atom stereocenters. The number of halogens is 1. The Morgan fingerprint density at radius 1 is 1.15 bits per heavy atom. The third kappa shape index (κ3) is 3.30. The minimum atomic E-state index is -3.66. The van der Waals surface area contributed by atoms with E-state index in [4.69, 9.17) is 0 Å². The largest absolute Gasteiger partial charge is 0.329 e. The van der Waals surface area contributed by atoms with Gasteiger partial charge >= 0.3 is 5.69 Å². The van der Waals surface area contributed by atoms with Crippen LogP contribution in [0.2, 0.25) is 0 Å². The Morgan fingerprint density at radius 2 is 1.89 bits per heavy atom. The lowest BCUT2D eigenvalue weighted by Gasteiger charge is -2.12. The molecule has 1 aliphatic carbocycles. The molecule has 3 aromatic rings. The highest BCUT2D eigenvalue weighted by atomic mass is 32.2. The van der Waals surface area contributed by atoms with Gasteiger partial charge < -0.3 is 0 Å². The Balaban J connectivity index is 1.77. The molecule has 1 N–H and O–H groups in total. The second-order valence-corrected chi connectivity index (χ2v) is 9.06. The summed E-state index contributed by atoms with van der Waals surface area (Å²) in [5, 5.41) is 0. The number of benzene rings is 2. The van der Waals surface area contributed by atoms with Gasteiger partial charge in [-0.25, -0.2) is 22.3 Å². The molecule has 1 saturated carbocycles. The summed E-state index contributed by atoms with van der Waals surface area (Å²) in [7, 11) is -2.06. The van der Waals surface area contributed by atoms with E-state index in [0.717, 1.165) is 12.8 Å². The lowest BCUT2D eigenvalue weighted by atomic mass is 10.2. The van der Waals surface area contributed by atoms with Crippen LogP contribution >= 0.6 is 0 Å². The maximum Gasteiger partial charge on any atom is 0.329 e. The zero-order chi connectivity index (χ0) is 19.4. The molecule has 27 heavy (non-hydrogen) atoms. The second kappa shape index (κ2) is 6.03. The number of aromatic nitrogens is 2. The lowest BCUT2D eigenvalue weighted by molar-refractivity contribution is 0.558. The summed E-state index contributed by atoms with van der Waals surface area (Å²) in [4.78, 5) is 12.8. The normalized spacial score (nSPS) is 16.0. The van der Waals surface area contributed by atoms with Crippen LogP contribution in [0.1, 0.15) is 25.3 Å². The lowest BCUT2D eigenvalue weighted by Crippen LogP contribution is -2.34. The van der Waals surface area contributed by atoms with Crippen LogP contribution in [0.25, 0.3) is 11.0 Å². The number of sulfonamides is 1. The maximum absolute atomic E-state index is 13.4. The van der Waals surface area contributed by atoms with Crippen LogP contribution in [0.4, 0.5) is 4.39 Å². The highest BCUT2D eigenvalue weighted by Gasteiger charge is 2.41. The first-order valence-corrected chi connectivity index (χ1v) is 10.1. The standard InChI is InChI=1S/C19H20FN3O3S/c1-19(8-9-19)21-27(25,26)15-6-7-16-17(11-15)22(2)18(24)23(16)12-13-4-3-5-14(20)10-13/h3-7,10-11,21H,8-9,12H2,1-2H3. The van der Waals surface area contributed by atoms with E-state index in [-0.39, 0.29) is 28.5 Å². The molecule has 1 aromatic heterocycles. The minimum absolute atomic E-state index is 0.127. The van der Waals surface area contributed by atoms with Crippen molar-refractivity contribution < 1.29 is 12.8 Å². The van der Waals surface area contributed by atoms with Crippen molar-refractivity contribution in [2.24, 2.45) is 7.05 Å². The summed E-state index contributed by atoms with van der Waals surface area (Å²) in [5.74, 6) is -0.367. The summed E-state index contributed by atoms with van der Waals surface area (Å²) in [6.07, 6.45) is 1.63. The minimum Gasteiger partial charge on any atom is -0.295 e. The monoisotopic (exact) mass is 389 g/mol. The van der Waals surface area contributed by atoms with Crippen molar-refractivity contribution in [2.75, 3.05) is 0 Å². The molecule has 1 aliphatic rings. The van der Waals surface area contributed by atoms with Crippen molar-refractivity contribution in [3.05, 3.63) is 64.3 Å². The van der Waals surface area contributed by atoms with Gasteiger partial charge in [-0.3, -0.25) is 9.13 Å². The summed E-state index contributed by atoms with van der Waals surface area (Å²) >= 11 is 0. The van der Waals surface area contributed by atoms with Crippen molar-refractivity contribution in [3.63, 3.8) is 0 Å². The van der Waals surface area contributed by atoms with Crippen molar-refractivity contribution in [2.45, 2.75) is 36.7 Å². The van der Waals surface area contributed by atoms with Gasteiger partial charge in [0, 0.05) is 12.6 Å². The first-order valence-electron chi connectivity index (χ1n) is 8.66. The number of nitrogens with one attached hydrogen (secondary N) is 1. The Kier molecular flexibility index (Phi) is 4.01. The van der Waals surface area contributed by atoms with Gasteiger partial charge in [0.15, 0.2) is 0 Å². The average Bonchev–Trinajstić information content (AvgIpc) is 3.28. The van der Waals surface area contributed by atoms with E-state index in [1.165, 1.54) is 33.4 Å². The fourth-order valence-electron chi connectivity index (χ4n) is 3.20. The Morgan fingerprint density at radius 3 is 2.56 bits per heavy atom. The molecule has 0 unspecified atom stereocenters. The molecule has 142 valence electrons. The fraction of sp³-hybridized carbons (Fsp3) is 0.316. The Hall–Kier alpha value is -2.45. The van der Waals surface area contributed by atoms with Crippen molar-refractivity contribution in [1.82, 2.24) is 13.9 Å². The third-order valence-corrected chi connectivity index (χ3v) is 6.67. The third-order valence-electron chi connectivity index (χ3n) is 5.04. The molecule has 1 heterocycles. The van der Waals surface area contributed by atoms with Gasteiger partial charge in [-0.15, -0.1) is 0 Å². The van der Waals surface area contributed by atoms with Crippen LogP contribution in [-0.4, -0.2) is 23.1 Å². The van der Waals surface area contributed by atoms with E-state index in [0.29, 0.717) is 16.6 Å². The van der Waals surface area contributed by atoms with Gasteiger partial charge in [0.25, 0.3) is 0 Å². The number of imidazole rings is 1. The molecule has 8 heteroatoms. The van der Waals surface area contributed by atoms with Gasteiger partial charge in [-0.05, 0) is 55.7 Å². The molecule has 0 saturated heterocycles. The summed E-state index contributed by atoms with van der Waals surface area (Å²) in [6.45, 7) is 2.07. The summed E-state index contributed by atoms with van der Waals surface area (Å²) in [5.41, 5.74) is 1.11. The number of hydrogen-bond donors (Lipinski definition) is 1. The fourth-order valence-corrected chi connectivity index (χ4v) is 4.68. The van der Waals surface area contributed by atoms with E-state index < -0.39 is 10.0 Å². The maximum atomic E-state index is 13.4. The number of rotatable bonds is 5. The van der Waals surface area contributed by atoms with E-state index in [2.05, 4.69) is 4.72 Å². The molecule has 2 aromatic carbocycles. The first-order chi connectivity index (χ1) is 12.7.